The Labute approximate surface area is 134 Å². The molecule has 0 N–H and O–H groups in total. The molecular formula is C18H29Bi. The molecule has 2 unspecified atom stereocenters. The van der Waals surface area contributed by atoms with Gasteiger partial charge in [-0.25, -0.2) is 0 Å². The van der Waals surface area contributed by atoms with Crippen LogP contribution in [0.4, 0.5) is 0 Å². The van der Waals surface area contributed by atoms with E-state index in [4.69, 9.17) is 0 Å². The van der Waals surface area contributed by atoms with Crippen LogP contribution in [0.1, 0.15) is 64.2 Å². The molecule has 0 spiro atoms. The van der Waals surface area contributed by atoms with Crippen LogP contribution >= 0.6 is 0 Å². The molecule has 2 saturated carbocycles. The van der Waals surface area contributed by atoms with Crippen molar-refractivity contribution in [2.45, 2.75) is 67.3 Å². The summed E-state index contributed by atoms with van der Waals surface area (Å²) in [5.74, 6) is 2.91. The molecule has 0 saturated heterocycles. The molecule has 3 aliphatic carbocycles. The van der Waals surface area contributed by atoms with Crippen LogP contribution in [0.15, 0.2) is 24.3 Å². The van der Waals surface area contributed by atoms with Crippen molar-refractivity contribution in [3.05, 3.63) is 24.3 Å². The van der Waals surface area contributed by atoms with Gasteiger partial charge in [-0.2, -0.15) is 0 Å². The molecule has 2 fully saturated rings. The average molecular weight is 454 g/mol. The van der Waals surface area contributed by atoms with Gasteiger partial charge in [0, 0.05) is 0 Å². The minimum atomic E-state index is 0.622. The van der Waals surface area contributed by atoms with Crippen molar-refractivity contribution in [2.24, 2.45) is 17.8 Å². The van der Waals surface area contributed by atoms with Crippen molar-refractivity contribution >= 4 is 24.7 Å². The first-order chi connectivity index (χ1) is 9.31. The van der Waals surface area contributed by atoms with Crippen LogP contribution in [0.5, 0.6) is 0 Å². The third-order valence-electron chi connectivity index (χ3n) is 5.86. The molecule has 0 heterocycles. The topological polar surface area (TPSA) is 0 Å². The maximum absolute atomic E-state index is 2.65. The second-order valence-electron chi connectivity index (χ2n) is 7.00. The molecule has 0 radical (unpaired) electrons. The molecule has 19 heavy (non-hydrogen) atoms. The summed E-state index contributed by atoms with van der Waals surface area (Å²) in [5, 5.41) is 0. The van der Waals surface area contributed by atoms with Gasteiger partial charge in [0.2, 0.25) is 0 Å². The minimum absolute atomic E-state index is 0.622. The number of hydrogen-bond donors (Lipinski definition) is 0. The first-order valence-electron chi connectivity index (χ1n) is 8.45. The molecule has 1 heteroatoms. The van der Waals surface area contributed by atoms with E-state index in [-0.39, 0.29) is 0 Å². The molecular weight excluding hydrogens is 425 g/mol. The number of allylic oxidation sites excluding steroid dienone is 4. The molecule has 0 aromatic heterocycles. The van der Waals surface area contributed by atoms with Crippen molar-refractivity contribution in [2.75, 3.05) is 0 Å². The zero-order valence-electron chi connectivity index (χ0n) is 12.2. The van der Waals surface area contributed by atoms with Crippen LogP contribution in [-0.2, 0) is 0 Å². The summed E-state index contributed by atoms with van der Waals surface area (Å²) in [7, 11) is 0. The molecule has 0 aromatic carbocycles. The van der Waals surface area contributed by atoms with Gasteiger partial charge in [-0.05, 0) is 0 Å². The molecule has 0 amide bonds. The molecule has 0 bridgehead atoms. The summed E-state index contributed by atoms with van der Waals surface area (Å²) >= 11 is 1.11. The zero-order chi connectivity index (χ0) is 13.1. The van der Waals surface area contributed by atoms with Gasteiger partial charge in [0.25, 0.3) is 0 Å². The van der Waals surface area contributed by atoms with Crippen LogP contribution in [0, 0.1) is 17.8 Å². The van der Waals surface area contributed by atoms with E-state index in [0.29, 0.717) is 3.12 Å². The van der Waals surface area contributed by atoms with Crippen LogP contribution in [0.2, 0.25) is 3.12 Å². The first kappa shape index (κ1) is 14.3. The molecule has 2 atom stereocenters. The zero-order valence-corrected chi connectivity index (χ0v) is 16.7. The summed E-state index contributed by atoms with van der Waals surface area (Å²) in [5.41, 5.74) is 0. The van der Waals surface area contributed by atoms with Crippen molar-refractivity contribution < 1.29 is 0 Å². The van der Waals surface area contributed by atoms with Crippen molar-refractivity contribution in [1.29, 1.82) is 0 Å². The van der Waals surface area contributed by atoms with E-state index in [2.05, 4.69) is 24.3 Å². The second kappa shape index (κ2) is 6.42. The van der Waals surface area contributed by atoms with Crippen molar-refractivity contribution in [3.63, 3.8) is 0 Å². The predicted molar refractivity (Wildman–Crippen MR) is 86.2 cm³/mol. The Morgan fingerprint density at radius 1 is 0.789 bits per heavy atom. The van der Waals surface area contributed by atoms with Gasteiger partial charge in [-0.15, -0.1) is 0 Å². The van der Waals surface area contributed by atoms with Gasteiger partial charge in [-0.3, -0.25) is 0 Å². The predicted octanol–water partition coefficient (Wildman–Crippen LogP) is 4.68. The maximum atomic E-state index is 2.65. The van der Waals surface area contributed by atoms with E-state index < -0.39 is 0 Å². The molecule has 0 nitrogen and oxygen atoms in total. The van der Waals surface area contributed by atoms with Gasteiger partial charge >= 0.3 is 134 Å². The third-order valence-corrected chi connectivity index (χ3v) is 9.94. The summed E-state index contributed by atoms with van der Waals surface area (Å²) in [4.78, 5) is 0. The van der Waals surface area contributed by atoms with Crippen LogP contribution in [0.25, 0.3) is 0 Å². The molecule has 0 aliphatic heterocycles. The van der Waals surface area contributed by atoms with E-state index in [0.717, 1.165) is 42.5 Å². The summed E-state index contributed by atoms with van der Waals surface area (Å²) in [6.45, 7) is 0. The molecule has 3 aliphatic rings. The van der Waals surface area contributed by atoms with Crippen LogP contribution in [0.3, 0.4) is 0 Å². The third kappa shape index (κ3) is 3.02. The summed E-state index contributed by atoms with van der Waals surface area (Å²) in [6.07, 6.45) is 24.9. The standard InChI is InChI=1S/C18H27.Bi.2H/c1-3-9-15(10-4-1)17-13-7-8-14-18(17)16-11-5-2-6-12-16;;;/h7-8,13-17H,1-6,9-12H2;;;. The Bertz CT molecular complexity index is 345. The van der Waals surface area contributed by atoms with E-state index in [1.807, 2.05) is 0 Å². The van der Waals surface area contributed by atoms with Crippen LogP contribution < -0.4 is 0 Å². The van der Waals surface area contributed by atoms with Crippen LogP contribution in [-0.4, -0.2) is 24.7 Å². The SMILES string of the molecule is [BiH2][C]1(C2CCCCC2)C=CC=CC1C1CCCCC1. The van der Waals surface area contributed by atoms with Crippen molar-refractivity contribution in [3.8, 4) is 0 Å². The Balaban J connectivity index is 1.79. The fraction of sp³-hybridized carbons (Fsp3) is 0.778. The van der Waals surface area contributed by atoms with E-state index in [1.165, 1.54) is 64.2 Å². The Morgan fingerprint density at radius 3 is 2.11 bits per heavy atom. The van der Waals surface area contributed by atoms with E-state index >= 15 is 0 Å². The van der Waals surface area contributed by atoms with Gasteiger partial charge in [0.05, 0.1) is 0 Å². The van der Waals surface area contributed by atoms with Gasteiger partial charge in [0.1, 0.15) is 0 Å². The molecule has 3 rings (SSSR count). The Kier molecular flexibility index (Phi) is 4.83. The van der Waals surface area contributed by atoms with E-state index in [9.17, 15) is 0 Å². The Morgan fingerprint density at radius 2 is 1.42 bits per heavy atom. The molecule has 106 valence electrons. The van der Waals surface area contributed by atoms with Gasteiger partial charge in [-0.1, -0.05) is 0 Å². The molecule has 0 aromatic rings. The number of hydrogen-bond acceptors (Lipinski definition) is 0. The average Bonchev–Trinajstić information content (AvgIpc) is 2.49. The normalized spacial score (nSPS) is 37.6. The quantitative estimate of drug-likeness (QED) is 0.532. The second-order valence-corrected chi connectivity index (χ2v) is 10.9. The first-order valence-corrected chi connectivity index (χ1v) is 10.7. The number of rotatable bonds is 2. The van der Waals surface area contributed by atoms with Crippen molar-refractivity contribution in [1.82, 2.24) is 0 Å². The van der Waals surface area contributed by atoms with E-state index in [1.54, 1.807) is 0 Å². The van der Waals surface area contributed by atoms with Gasteiger partial charge < -0.3 is 0 Å². The summed E-state index contributed by atoms with van der Waals surface area (Å²) in [6, 6.07) is 0. The van der Waals surface area contributed by atoms with Gasteiger partial charge in [0.15, 0.2) is 0 Å². The Hall–Kier alpha value is 0.363. The summed E-state index contributed by atoms with van der Waals surface area (Å²) < 4.78 is 0.622. The fourth-order valence-electron chi connectivity index (χ4n) is 4.75. The fourth-order valence-corrected chi connectivity index (χ4v) is 7.97. The monoisotopic (exact) mass is 454 g/mol.